The smallest absolute Gasteiger partial charge is 0.220 e. The van der Waals surface area contributed by atoms with Crippen molar-refractivity contribution in [3.63, 3.8) is 0 Å². The Hall–Kier alpha value is -2.17. The zero-order chi connectivity index (χ0) is 48.5. The lowest BCUT2D eigenvalue weighted by Gasteiger charge is -2.19. The summed E-state index contributed by atoms with van der Waals surface area (Å²) >= 11 is 0. The van der Waals surface area contributed by atoms with Crippen molar-refractivity contribution in [3.05, 3.63) is 72.9 Å². The largest absolute Gasteiger partial charge is 0.394 e. The minimum Gasteiger partial charge on any atom is -0.394 e. The van der Waals surface area contributed by atoms with E-state index in [9.17, 15) is 15.0 Å². The van der Waals surface area contributed by atoms with Crippen molar-refractivity contribution in [3.8, 4) is 0 Å². The van der Waals surface area contributed by atoms with Gasteiger partial charge >= 0.3 is 0 Å². The molecule has 0 rings (SSSR count). The van der Waals surface area contributed by atoms with Crippen LogP contribution in [-0.4, -0.2) is 34.9 Å². The molecule has 1 amide bonds. The van der Waals surface area contributed by atoms with Crippen LogP contribution in [0.5, 0.6) is 0 Å². The van der Waals surface area contributed by atoms with Crippen molar-refractivity contribution in [2.24, 2.45) is 0 Å². The molecule has 0 aliphatic heterocycles. The predicted molar refractivity (Wildman–Crippen MR) is 299 cm³/mol. The molecule has 0 radical (unpaired) electrons. The van der Waals surface area contributed by atoms with Gasteiger partial charge in [0.2, 0.25) is 5.91 Å². The molecule has 0 saturated heterocycles. The molecule has 2 atom stereocenters. The molecule has 0 bridgehead atoms. The molecule has 4 nitrogen and oxygen atoms in total. The summed E-state index contributed by atoms with van der Waals surface area (Å²) in [5.41, 5.74) is 0. The van der Waals surface area contributed by atoms with Gasteiger partial charge in [-0.15, -0.1) is 0 Å². The van der Waals surface area contributed by atoms with Gasteiger partial charge < -0.3 is 15.5 Å². The van der Waals surface area contributed by atoms with Crippen molar-refractivity contribution < 1.29 is 15.0 Å². The molecule has 0 aromatic carbocycles. The van der Waals surface area contributed by atoms with Crippen LogP contribution in [0.1, 0.15) is 303 Å². The summed E-state index contributed by atoms with van der Waals surface area (Å²) < 4.78 is 0. The highest BCUT2D eigenvalue weighted by molar-refractivity contribution is 5.76. The van der Waals surface area contributed by atoms with E-state index in [-0.39, 0.29) is 12.5 Å². The lowest BCUT2D eigenvalue weighted by atomic mass is 10.0. The highest BCUT2D eigenvalue weighted by atomic mass is 16.3. The standard InChI is InChI=1S/C63H115NO3/c1-3-5-7-9-11-13-15-17-19-21-23-24-25-26-27-28-29-30-31-32-33-34-35-36-37-38-39-40-41-43-45-47-49-51-53-55-57-59-63(67)64-61(60-65)62(66)58-56-54-52-50-48-46-44-42-22-20-18-16-14-12-10-8-6-4-2/h5,7,11,13,17,19,23-24,48,50,56,58,61-62,65-66H,3-4,6,8-10,12,14-16,18,20-22,25-47,49,51-55,57,59-60H2,1-2H3,(H,64,67)/b7-5-,13-11-,19-17-,24-23-,50-48+,58-56+. The van der Waals surface area contributed by atoms with Crippen molar-refractivity contribution in [1.29, 1.82) is 0 Å². The molecule has 3 N–H and O–H groups in total. The Morgan fingerprint density at radius 2 is 0.672 bits per heavy atom. The fourth-order valence-corrected chi connectivity index (χ4v) is 8.95. The summed E-state index contributed by atoms with van der Waals surface area (Å²) in [4.78, 5) is 12.5. The Labute approximate surface area is 419 Å². The average molecular weight is 935 g/mol. The van der Waals surface area contributed by atoms with Crippen molar-refractivity contribution in [2.75, 3.05) is 6.61 Å². The molecule has 67 heavy (non-hydrogen) atoms. The number of aliphatic hydroxyl groups is 2. The van der Waals surface area contributed by atoms with E-state index < -0.39 is 12.1 Å². The van der Waals surface area contributed by atoms with E-state index in [0.29, 0.717) is 6.42 Å². The zero-order valence-corrected chi connectivity index (χ0v) is 44.9. The van der Waals surface area contributed by atoms with E-state index in [1.54, 1.807) is 6.08 Å². The van der Waals surface area contributed by atoms with Crippen LogP contribution >= 0.6 is 0 Å². The number of unbranched alkanes of at least 4 members (excludes halogenated alkanes) is 37. The fourth-order valence-electron chi connectivity index (χ4n) is 8.95. The van der Waals surface area contributed by atoms with Crippen LogP contribution in [0.15, 0.2) is 72.9 Å². The van der Waals surface area contributed by atoms with Crippen LogP contribution in [0.25, 0.3) is 0 Å². The summed E-state index contributed by atoms with van der Waals surface area (Å²) in [7, 11) is 0. The number of carbonyl (C=O) groups is 1. The van der Waals surface area contributed by atoms with Crippen LogP contribution in [0.4, 0.5) is 0 Å². The number of hydrogen-bond acceptors (Lipinski definition) is 3. The summed E-state index contributed by atoms with van der Waals surface area (Å²) in [5.74, 6) is -0.0700. The van der Waals surface area contributed by atoms with E-state index in [4.69, 9.17) is 0 Å². The third kappa shape index (κ3) is 54.6. The molecule has 4 heteroatoms. The Bertz CT molecular complexity index is 1150. The molecule has 0 aliphatic rings. The number of aliphatic hydroxyl groups excluding tert-OH is 2. The molecule has 0 saturated carbocycles. The van der Waals surface area contributed by atoms with Crippen LogP contribution in [0.2, 0.25) is 0 Å². The summed E-state index contributed by atoms with van der Waals surface area (Å²) in [5, 5.41) is 23.1. The Morgan fingerprint density at radius 1 is 0.373 bits per heavy atom. The first-order valence-electron chi connectivity index (χ1n) is 29.7. The summed E-state index contributed by atoms with van der Waals surface area (Å²) in [6.07, 6.45) is 83.7. The van der Waals surface area contributed by atoms with Gasteiger partial charge in [-0.2, -0.15) is 0 Å². The molecule has 0 heterocycles. The number of rotatable bonds is 54. The Kier molecular flexibility index (Phi) is 56.3. The Balaban J connectivity index is 3.45. The molecule has 2 unspecified atom stereocenters. The second kappa shape index (κ2) is 58.1. The predicted octanol–water partition coefficient (Wildman–Crippen LogP) is 19.8. The maximum atomic E-state index is 12.5. The number of carbonyl (C=O) groups excluding carboxylic acids is 1. The minimum absolute atomic E-state index is 0.0700. The molecule has 390 valence electrons. The van der Waals surface area contributed by atoms with Gasteiger partial charge in [0.05, 0.1) is 18.8 Å². The van der Waals surface area contributed by atoms with Crippen molar-refractivity contribution in [2.45, 2.75) is 315 Å². The maximum Gasteiger partial charge on any atom is 0.220 e. The quantitative estimate of drug-likeness (QED) is 0.0420. The van der Waals surface area contributed by atoms with E-state index in [2.05, 4.69) is 79.9 Å². The fraction of sp³-hybridized carbons (Fsp3) is 0.794. The number of amides is 1. The number of nitrogens with one attached hydrogen (secondary N) is 1. The van der Waals surface area contributed by atoms with Crippen molar-refractivity contribution >= 4 is 5.91 Å². The van der Waals surface area contributed by atoms with Gasteiger partial charge in [0.1, 0.15) is 0 Å². The minimum atomic E-state index is -0.863. The van der Waals surface area contributed by atoms with E-state index in [1.807, 2.05) is 6.08 Å². The van der Waals surface area contributed by atoms with Gasteiger partial charge in [0, 0.05) is 6.42 Å². The molecular formula is C63H115NO3. The van der Waals surface area contributed by atoms with Gasteiger partial charge in [-0.05, 0) is 70.6 Å². The molecule has 0 aromatic rings. The first kappa shape index (κ1) is 64.8. The molecule has 0 aliphatic carbocycles. The van der Waals surface area contributed by atoms with E-state index >= 15 is 0 Å². The highest BCUT2D eigenvalue weighted by Gasteiger charge is 2.18. The monoisotopic (exact) mass is 934 g/mol. The first-order chi connectivity index (χ1) is 33.2. The Morgan fingerprint density at radius 3 is 1.04 bits per heavy atom. The van der Waals surface area contributed by atoms with Crippen LogP contribution in [-0.2, 0) is 4.79 Å². The average Bonchev–Trinajstić information content (AvgIpc) is 3.33. The summed E-state index contributed by atoms with van der Waals surface area (Å²) in [6, 6.07) is -0.640. The van der Waals surface area contributed by atoms with Crippen LogP contribution < -0.4 is 5.32 Å². The van der Waals surface area contributed by atoms with E-state index in [1.165, 1.54) is 225 Å². The zero-order valence-electron chi connectivity index (χ0n) is 44.9. The van der Waals surface area contributed by atoms with Gasteiger partial charge in [0.15, 0.2) is 0 Å². The number of hydrogen-bond donors (Lipinski definition) is 3. The van der Waals surface area contributed by atoms with Gasteiger partial charge in [-0.1, -0.05) is 299 Å². The highest BCUT2D eigenvalue weighted by Crippen LogP contribution is 2.17. The molecule has 0 fully saturated rings. The SMILES string of the molecule is CC/C=C\C/C=C\C/C=C\C/C=C\CCCCCCCCCCCCCCCCCCCCCCCCCCC(=O)NC(CO)C(O)/C=C/CC/C=C/CCCCCCCCCCCCCC. The normalized spacial score (nSPS) is 13.3. The van der Waals surface area contributed by atoms with Gasteiger partial charge in [-0.3, -0.25) is 4.79 Å². The van der Waals surface area contributed by atoms with Gasteiger partial charge in [0.25, 0.3) is 0 Å². The maximum absolute atomic E-state index is 12.5. The lowest BCUT2D eigenvalue weighted by molar-refractivity contribution is -0.123. The third-order valence-corrected chi connectivity index (χ3v) is 13.4. The second-order valence-electron chi connectivity index (χ2n) is 20.0. The lowest BCUT2D eigenvalue weighted by Crippen LogP contribution is -2.45. The van der Waals surface area contributed by atoms with Crippen LogP contribution in [0.3, 0.4) is 0 Å². The third-order valence-electron chi connectivity index (χ3n) is 13.4. The first-order valence-corrected chi connectivity index (χ1v) is 29.7. The second-order valence-corrected chi connectivity index (χ2v) is 20.0. The molecular weight excluding hydrogens is 819 g/mol. The van der Waals surface area contributed by atoms with E-state index in [0.717, 1.165) is 57.8 Å². The topological polar surface area (TPSA) is 69.6 Å². The molecule has 0 spiro atoms. The van der Waals surface area contributed by atoms with Crippen molar-refractivity contribution in [1.82, 2.24) is 5.32 Å². The number of allylic oxidation sites excluding steroid dienone is 11. The molecule has 0 aromatic heterocycles. The van der Waals surface area contributed by atoms with Gasteiger partial charge in [-0.25, -0.2) is 0 Å². The van der Waals surface area contributed by atoms with Crippen LogP contribution in [0, 0.1) is 0 Å². The summed E-state index contributed by atoms with van der Waals surface area (Å²) in [6.45, 7) is 4.20.